The molecule has 5 heteroatoms. The summed E-state index contributed by atoms with van der Waals surface area (Å²) in [6.07, 6.45) is 2.69. The molecular weight excluding hydrogens is 294 g/mol. The van der Waals surface area contributed by atoms with Gasteiger partial charge in [0.05, 0.1) is 0 Å². The first-order chi connectivity index (χ1) is 8.72. The van der Waals surface area contributed by atoms with E-state index in [1.165, 1.54) is 0 Å². The fraction of sp³-hybridized carbons (Fsp3) is 0.538. The Labute approximate surface area is 115 Å². The molecule has 2 unspecified atom stereocenters. The molecule has 1 amide bonds. The van der Waals surface area contributed by atoms with Crippen molar-refractivity contribution >= 4 is 27.7 Å². The molecule has 4 nitrogen and oxygen atoms in total. The number of nitrogens with one attached hydrogen (secondary N) is 1. The summed E-state index contributed by atoms with van der Waals surface area (Å²) >= 11 is 3.41. The maximum atomic E-state index is 11.4. The second-order valence-electron chi connectivity index (χ2n) is 5.03. The van der Waals surface area contributed by atoms with E-state index in [0.29, 0.717) is 18.4 Å². The number of fused-ring (bicyclic) bond motifs is 1. The molecule has 0 saturated carbocycles. The van der Waals surface area contributed by atoms with Crippen molar-refractivity contribution in [2.45, 2.75) is 25.3 Å². The van der Waals surface area contributed by atoms with Gasteiger partial charge in [0.2, 0.25) is 5.91 Å². The van der Waals surface area contributed by atoms with E-state index in [-0.39, 0.29) is 5.91 Å². The lowest BCUT2D eigenvalue weighted by Gasteiger charge is -2.41. The molecule has 0 radical (unpaired) electrons. The fourth-order valence-corrected chi connectivity index (χ4v) is 3.23. The standard InChI is InChI=1S/C13H16BrN3O/c14-11-2-1-3-12(16-11)17-7-6-10-9(8-17)4-5-13(18)15-10/h1-3,9-10H,4-8H2,(H,15,18). The van der Waals surface area contributed by atoms with Crippen LogP contribution in [0.4, 0.5) is 5.82 Å². The van der Waals surface area contributed by atoms with Gasteiger partial charge in [-0.15, -0.1) is 0 Å². The number of pyridine rings is 1. The number of aromatic nitrogens is 1. The summed E-state index contributed by atoms with van der Waals surface area (Å²) in [6.45, 7) is 1.96. The third-order valence-corrected chi connectivity index (χ3v) is 4.29. The molecule has 2 fully saturated rings. The van der Waals surface area contributed by atoms with Crippen LogP contribution in [0.3, 0.4) is 0 Å². The van der Waals surface area contributed by atoms with Crippen LogP contribution < -0.4 is 10.2 Å². The minimum atomic E-state index is 0.213. The Morgan fingerprint density at radius 1 is 1.39 bits per heavy atom. The van der Waals surface area contributed by atoms with Gasteiger partial charge in [-0.3, -0.25) is 4.79 Å². The van der Waals surface area contributed by atoms with Gasteiger partial charge in [-0.1, -0.05) is 6.07 Å². The summed E-state index contributed by atoms with van der Waals surface area (Å²) in [5, 5.41) is 3.11. The third kappa shape index (κ3) is 2.36. The minimum Gasteiger partial charge on any atom is -0.356 e. The normalized spacial score (nSPS) is 27.6. The van der Waals surface area contributed by atoms with Gasteiger partial charge in [0, 0.05) is 25.6 Å². The lowest BCUT2D eigenvalue weighted by molar-refractivity contribution is -0.124. The number of anilines is 1. The number of carbonyl (C=O) groups excluding carboxylic acids is 1. The maximum Gasteiger partial charge on any atom is 0.220 e. The predicted octanol–water partition coefficient (Wildman–Crippen LogP) is 1.95. The van der Waals surface area contributed by atoms with E-state index in [9.17, 15) is 4.79 Å². The number of carbonyl (C=O) groups is 1. The first-order valence-corrected chi connectivity index (χ1v) is 7.18. The van der Waals surface area contributed by atoms with E-state index in [4.69, 9.17) is 0 Å². The molecule has 2 aliphatic heterocycles. The fourth-order valence-electron chi connectivity index (χ4n) is 2.89. The molecule has 1 N–H and O–H groups in total. The van der Waals surface area contributed by atoms with E-state index in [1.54, 1.807) is 0 Å². The first-order valence-electron chi connectivity index (χ1n) is 6.39. The summed E-state index contributed by atoms with van der Waals surface area (Å²) in [4.78, 5) is 18.2. The molecule has 2 atom stereocenters. The SMILES string of the molecule is O=C1CCC2CN(c3cccc(Br)n3)CCC2N1. The van der Waals surface area contributed by atoms with Crippen LogP contribution in [-0.2, 0) is 4.79 Å². The molecule has 18 heavy (non-hydrogen) atoms. The monoisotopic (exact) mass is 309 g/mol. The first kappa shape index (κ1) is 12.0. The zero-order valence-electron chi connectivity index (χ0n) is 10.1. The lowest BCUT2D eigenvalue weighted by Crippen LogP contribution is -2.54. The van der Waals surface area contributed by atoms with Gasteiger partial charge in [-0.2, -0.15) is 0 Å². The highest BCUT2D eigenvalue weighted by Gasteiger charge is 2.34. The average Bonchev–Trinajstić information content (AvgIpc) is 2.38. The topological polar surface area (TPSA) is 45.2 Å². The zero-order valence-corrected chi connectivity index (χ0v) is 11.7. The molecular formula is C13H16BrN3O. The van der Waals surface area contributed by atoms with Gasteiger partial charge in [0.1, 0.15) is 10.4 Å². The molecule has 96 valence electrons. The van der Waals surface area contributed by atoms with E-state index >= 15 is 0 Å². The van der Waals surface area contributed by atoms with Gasteiger partial charge in [0.15, 0.2) is 0 Å². The van der Waals surface area contributed by atoms with Crippen LogP contribution in [0.15, 0.2) is 22.8 Å². The van der Waals surface area contributed by atoms with Crippen LogP contribution in [0.2, 0.25) is 0 Å². The van der Waals surface area contributed by atoms with Crippen LogP contribution in [0.5, 0.6) is 0 Å². The largest absolute Gasteiger partial charge is 0.356 e. The van der Waals surface area contributed by atoms with Gasteiger partial charge >= 0.3 is 0 Å². The average molecular weight is 310 g/mol. The third-order valence-electron chi connectivity index (χ3n) is 3.85. The van der Waals surface area contributed by atoms with Crippen molar-refractivity contribution in [1.82, 2.24) is 10.3 Å². The summed E-state index contributed by atoms with van der Waals surface area (Å²) < 4.78 is 0.874. The van der Waals surface area contributed by atoms with Crippen LogP contribution >= 0.6 is 15.9 Å². The highest BCUT2D eigenvalue weighted by molar-refractivity contribution is 9.10. The van der Waals surface area contributed by atoms with E-state index in [2.05, 4.69) is 31.1 Å². The Morgan fingerprint density at radius 3 is 3.11 bits per heavy atom. The quantitative estimate of drug-likeness (QED) is 0.807. The second kappa shape index (κ2) is 4.88. The van der Waals surface area contributed by atoms with Gasteiger partial charge < -0.3 is 10.2 Å². The smallest absolute Gasteiger partial charge is 0.220 e. The molecule has 3 heterocycles. The summed E-state index contributed by atoms with van der Waals surface area (Å²) in [6, 6.07) is 6.37. The number of amides is 1. The Kier molecular flexibility index (Phi) is 3.24. The van der Waals surface area contributed by atoms with Crippen molar-refractivity contribution < 1.29 is 4.79 Å². The summed E-state index contributed by atoms with van der Waals surface area (Å²) in [7, 11) is 0. The summed E-state index contributed by atoms with van der Waals surface area (Å²) in [5.74, 6) is 1.81. The Balaban J connectivity index is 1.72. The van der Waals surface area contributed by atoms with Crippen molar-refractivity contribution in [1.29, 1.82) is 0 Å². The minimum absolute atomic E-state index is 0.213. The molecule has 2 saturated heterocycles. The molecule has 1 aromatic rings. The van der Waals surface area contributed by atoms with Crippen molar-refractivity contribution in [3.8, 4) is 0 Å². The van der Waals surface area contributed by atoms with Crippen LogP contribution in [0, 0.1) is 5.92 Å². The Morgan fingerprint density at radius 2 is 2.28 bits per heavy atom. The molecule has 0 spiro atoms. The predicted molar refractivity (Wildman–Crippen MR) is 73.4 cm³/mol. The van der Waals surface area contributed by atoms with Crippen molar-refractivity contribution in [2.24, 2.45) is 5.92 Å². The Bertz CT molecular complexity index is 465. The van der Waals surface area contributed by atoms with Gasteiger partial charge in [0.25, 0.3) is 0 Å². The second-order valence-corrected chi connectivity index (χ2v) is 5.84. The van der Waals surface area contributed by atoms with E-state index in [1.807, 2.05) is 18.2 Å². The van der Waals surface area contributed by atoms with Crippen molar-refractivity contribution in [3.63, 3.8) is 0 Å². The van der Waals surface area contributed by atoms with Gasteiger partial charge in [-0.05, 0) is 46.8 Å². The highest BCUT2D eigenvalue weighted by atomic mass is 79.9. The molecule has 0 bridgehead atoms. The summed E-state index contributed by atoms with van der Waals surface area (Å²) in [5.41, 5.74) is 0. The molecule has 3 rings (SSSR count). The maximum absolute atomic E-state index is 11.4. The van der Waals surface area contributed by atoms with E-state index in [0.717, 1.165) is 36.4 Å². The van der Waals surface area contributed by atoms with E-state index < -0.39 is 0 Å². The van der Waals surface area contributed by atoms with Crippen molar-refractivity contribution in [2.75, 3.05) is 18.0 Å². The molecule has 1 aromatic heterocycles. The van der Waals surface area contributed by atoms with Crippen LogP contribution in [-0.4, -0.2) is 30.0 Å². The van der Waals surface area contributed by atoms with Crippen LogP contribution in [0.1, 0.15) is 19.3 Å². The zero-order chi connectivity index (χ0) is 12.5. The molecule has 0 aliphatic carbocycles. The number of piperidine rings is 2. The number of hydrogen-bond acceptors (Lipinski definition) is 3. The lowest BCUT2D eigenvalue weighted by atomic mass is 9.85. The Hall–Kier alpha value is -1.10. The van der Waals surface area contributed by atoms with Gasteiger partial charge in [-0.25, -0.2) is 4.98 Å². The number of rotatable bonds is 1. The number of nitrogens with zero attached hydrogens (tertiary/aromatic N) is 2. The van der Waals surface area contributed by atoms with Crippen molar-refractivity contribution in [3.05, 3.63) is 22.8 Å². The number of hydrogen-bond donors (Lipinski definition) is 1. The highest BCUT2D eigenvalue weighted by Crippen LogP contribution is 2.28. The molecule has 0 aromatic carbocycles. The van der Waals surface area contributed by atoms with Crippen LogP contribution in [0.25, 0.3) is 0 Å². The molecule has 2 aliphatic rings. The number of halogens is 1.